The summed E-state index contributed by atoms with van der Waals surface area (Å²) >= 11 is 0. The molecule has 1 atom stereocenters. The van der Waals surface area contributed by atoms with Crippen molar-refractivity contribution in [1.82, 2.24) is 5.32 Å². The lowest BCUT2D eigenvalue weighted by Crippen LogP contribution is -2.46. The van der Waals surface area contributed by atoms with Gasteiger partial charge in [0, 0.05) is 6.04 Å². The Morgan fingerprint density at radius 3 is 2.32 bits per heavy atom. The molecule has 0 fully saturated rings. The minimum Gasteiger partial charge on any atom is -0.480 e. The third-order valence-electron chi connectivity index (χ3n) is 2.93. The number of carbonyl (C=O) groups is 2. The Balaban J connectivity index is 2.61. The minimum atomic E-state index is -1.46. The van der Waals surface area contributed by atoms with E-state index in [1.807, 2.05) is 0 Å². The lowest BCUT2D eigenvalue weighted by Gasteiger charge is -2.22. The zero-order valence-corrected chi connectivity index (χ0v) is 11.2. The number of benzene rings is 1. The lowest BCUT2D eigenvalue weighted by atomic mass is 9.92. The first-order valence-corrected chi connectivity index (χ1v) is 6.02. The molecule has 1 amide bonds. The third-order valence-corrected chi connectivity index (χ3v) is 2.93. The van der Waals surface area contributed by atoms with Gasteiger partial charge in [-0.2, -0.15) is 0 Å². The Hall–Kier alpha value is -1.91. The number of carboxylic acid groups (broad SMARTS) is 1. The van der Waals surface area contributed by atoms with Crippen molar-refractivity contribution in [3.63, 3.8) is 0 Å². The van der Waals surface area contributed by atoms with E-state index in [9.17, 15) is 14.0 Å². The predicted molar refractivity (Wildman–Crippen MR) is 69.1 cm³/mol. The van der Waals surface area contributed by atoms with Crippen molar-refractivity contribution in [3.05, 3.63) is 35.6 Å². The van der Waals surface area contributed by atoms with Gasteiger partial charge in [-0.1, -0.05) is 12.1 Å². The van der Waals surface area contributed by atoms with Gasteiger partial charge in [0.1, 0.15) is 11.2 Å². The number of carbonyl (C=O) groups excluding carboxylic acids is 1. The van der Waals surface area contributed by atoms with E-state index in [0.29, 0.717) is 6.42 Å². The number of hydrogen-bond acceptors (Lipinski definition) is 2. The van der Waals surface area contributed by atoms with E-state index in [4.69, 9.17) is 5.11 Å². The predicted octanol–water partition coefficient (Wildman–Crippen LogP) is 1.98. The monoisotopic (exact) mass is 267 g/mol. The van der Waals surface area contributed by atoms with Crippen molar-refractivity contribution in [3.8, 4) is 0 Å². The van der Waals surface area contributed by atoms with Gasteiger partial charge in [0.15, 0.2) is 0 Å². The molecular weight excluding hydrogens is 249 g/mol. The maximum absolute atomic E-state index is 12.7. The van der Waals surface area contributed by atoms with Crippen LogP contribution in [0.2, 0.25) is 0 Å². The van der Waals surface area contributed by atoms with Crippen LogP contribution in [0.1, 0.15) is 26.3 Å². The van der Waals surface area contributed by atoms with Crippen LogP contribution in [0.25, 0.3) is 0 Å². The van der Waals surface area contributed by atoms with E-state index in [1.54, 1.807) is 19.1 Å². The van der Waals surface area contributed by atoms with Crippen LogP contribution in [0.4, 0.5) is 4.39 Å². The van der Waals surface area contributed by atoms with Crippen LogP contribution in [-0.4, -0.2) is 23.0 Å². The standard InChI is InChI=1S/C14H18FNO3/c1-9(8-10-4-6-11(15)7-5-10)16-12(17)14(2,3)13(18)19/h4-7,9H,8H2,1-3H3,(H,16,17)(H,18,19). The Morgan fingerprint density at radius 1 is 1.32 bits per heavy atom. The summed E-state index contributed by atoms with van der Waals surface area (Å²) in [4.78, 5) is 22.7. The molecule has 4 nitrogen and oxygen atoms in total. The van der Waals surface area contributed by atoms with E-state index in [0.717, 1.165) is 5.56 Å². The highest BCUT2D eigenvalue weighted by molar-refractivity contribution is 6.01. The molecule has 1 aromatic carbocycles. The summed E-state index contributed by atoms with van der Waals surface area (Å²) in [5.74, 6) is -2.01. The number of hydrogen-bond donors (Lipinski definition) is 2. The average molecular weight is 267 g/mol. The Morgan fingerprint density at radius 2 is 1.84 bits per heavy atom. The highest BCUT2D eigenvalue weighted by Gasteiger charge is 2.36. The van der Waals surface area contributed by atoms with Gasteiger partial charge >= 0.3 is 5.97 Å². The van der Waals surface area contributed by atoms with Crippen LogP contribution in [0, 0.1) is 11.2 Å². The molecule has 0 saturated heterocycles. The third kappa shape index (κ3) is 4.05. The van der Waals surface area contributed by atoms with Crippen molar-refractivity contribution in [2.24, 2.45) is 5.41 Å². The number of aliphatic carboxylic acids is 1. The zero-order valence-electron chi connectivity index (χ0n) is 11.2. The Bertz CT molecular complexity index is 468. The molecule has 0 bridgehead atoms. The van der Waals surface area contributed by atoms with Crippen molar-refractivity contribution < 1.29 is 19.1 Å². The number of halogens is 1. The second-order valence-electron chi connectivity index (χ2n) is 5.14. The van der Waals surface area contributed by atoms with Crippen molar-refractivity contribution >= 4 is 11.9 Å². The van der Waals surface area contributed by atoms with Gasteiger partial charge < -0.3 is 10.4 Å². The van der Waals surface area contributed by atoms with Gasteiger partial charge in [0.2, 0.25) is 5.91 Å². The first-order chi connectivity index (χ1) is 8.73. The highest BCUT2D eigenvalue weighted by atomic mass is 19.1. The Labute approximate surface area is 111 Å². The summed E-state index contributed by atoms with van der Waals surface area (Å²) in [7, 11) is 0. The number of rotatable bonds is 5. The highest BCUT2D eigenvalue weighted by Crippen LogP contribution is 2.16. The van der Waals surface area contributed by atoms with Crippen LogP contribution in [0.15, 0.2) is 24.3 Å². The largest absolute Gasteiger partial charge is 0.480 e. The van der Waals surface area contributed by atoms with Crippen molar-refractivity contribution in [2.45, 2.75) is 33.2 Å². The van der Waals surface area contributed by atoms with Gasteiger partial charge in [0.25, 0.3) is 0 Å². The molecule has 104 valence electrons. The molecule has 0 aliphatic heterocycles. The topological polar surface area (TPSA) is 66.4 Å². The van der Waals surface area contributed by atoms with Gasteiger partial charge in [-0.25, -0.2) is 4.39 Å². The van der Waals surface area contributed by atoms with E-state index in [2.05, 4.69) is 5.32 Å². The molecule has 5 heteroatoms. The minimum absolute atomic E-state index is 0.225. The first-order valence-electron chi connectivity index (χ1n) is 6.02. The van der Waals surface area contributed by atoms with E-state index in [1.165, 1.54) is 26.0 Å². The molecule has 0 radical (unpaired) electrons. The summed E-state index contributed by atoms with van der Waals surface area (Å²) in [6, 6.07) is 5.76. The fraction of sp³-hybridized carbons (Fsp3) is 0.429. The van der Waals surface area contributed by atoms with E-state index >= 15 is 0 Å². The van der Waals surface area contributed by atoms with Crippen LogP contribution < -0.4 is 5.32 Å². The summed E-state index contributed by atoms with van der Waals surface area (Å²) in [5, 5.41) is 11.6. The zero-order chi connectivity index (χ0) is 14.6. The van der Waals surface area contributed by atoms with Gasteiger partial charge in [-0.3, -0.25) is 9.59 Å². The summed E-state index contributed by atoms with van der Waals surface area (Å²) in [6.07, 6.45) is 0.516. The van der Waals surface area contributed by atoms with Gasteiger partial charge in [0.05, 0.1) is 0 Å². The van der Waals surface area contributed by atoms with Crippen molar-refractivity contribution in [1.29, 1.82) is 0 Å². The van der Waals surface area contributed by atoms with Crippen molar-refractivity contribution in [2.75, 3.05) is 0 Å². The van der Waals surface area contributed by atoms with Crippen LogP contribution >= 0.6 is 0 Å². The molecule has 0 aromatic heterocycles. The van der Waals surface area contributed by atoms with Crippen LogP contribution in [0.5, 0.6) is 0 Å². The number of carboxylic acids is 1. The van der Waals surface area contributed by atoms with E-state index < -0.39 is 17.3 Å². The molecule has 2 N–H and O–H groups in total. The molecule has 0 spiro atoms. The summed E-state index contributed by atoms with van der Waals surface area (Å²) < 4.78 is 12.7. The maximum atomic E-state index is 12.7. The molecule has 0 saturated carbocycles. The van der Waals surface area contributed by atoms with E-state index in [-0.39, 0.29) is 11.9 Å². The molecule has 0 heterocycles. The molecular formula is C14H18FNO3. The molecule has 19 heavy (non-hydrogen) atoms. The van der Waals surface area contributed by atoms with Gasteiger partial charge in [-0.15, -0.1) is 0 Å². The fourth-order valence-electron chi connectivity index (χ4n) is 1.53. The summed E-state index contributed by atoms with van der Waals surface area (Å²) in [6.45, 7) is 4.49. The normalized spacial score (nSPS) is 12.8. The fourth-order valence-corrected chi connectivity index (χ4v) is 1.53. The van der Waals surface area contributed by atoms with Gasteiger partial charge in [-0.05, 0) is 44.9 Å². The SMILES string of the molecule is CC(Cc1ccc(F)cc1)NC(=O)C(C)(C)C(=O)O. The lowest BCUT2D eigenvalue weighted by molar-refractivity contribution is -0.153. The summed E-state index contributed by atoms with van der Waals surface area (Å²) in [5.41, 5.74) is -0.584. The number of amides is 1. The quantitative estimate of drug-likeness (QED) is 0.802. The smallest absolute Gasteiger partial charge is 0.318 e. The van der Waals surface area contributed by atoms with Crippen LogP contribution in [-0.2, 0) is 16.0 Å². The second kappa shape index (κ2) is 5.82. The molecule has 1 unspecified atom stereocenters. The first kappa shape index (κ1) is 15.1. The molecule has 1 rings (SSSR count). The molecule has 0 aliphatic rings. The molecule has 0 aliphatic carbocycles. The second-order valence-corrected chi connectivity index (χ2v) is 5.14. The van der Waals surface area contributed by atoms with Crippen LogP contribution in [0.3, 0.4) is 0 Å². The molecule has 1 aromatic rings. The maximum Gasteiger partial charge on any atom is 0.318 e. The number of nitrogens with one attached hydrogen (secondary N) is 1. The Kier molecular flexibility index (Phi) is 4.64. The average Bonchev–Trinajstić information content (AvgIpc) is 2.31.